The van der Waals surface area contributed by atoms with E-state index in [1.54, 1.807) is 18.7 Å². The summed E-state index contributed by atoms with van der Waals surface area (Å²) in [5.74, 6) is 0.0645. The van der Waals surface area contributed by atoms with E-state index in [4.69, 9.17) is 24.5 Å². The van der Waals surface area contributed by atoms with Crippen molar-refractivity contribution in [1.82, 2.24) is 9.55 Å². The molecule has 2 saturated heterocycles. The molecule has 0 amide bonds. The lowest BCUT2D eigenvalue weighted by molar-refractivity contribution is -0.154. The van der Waals surface area contributed by atoms with Crippen LogP contribution >= 0.6 is 11.8 Å². The van der Waals surface area contributed by atoms with Gasteiger partial charge in [0.25, 0.3) is 5.56 Å². The summed E-state index contributed by atoms with van der Waals surface area (Å²) in [6.07, 6.45) is 2.62. The highest BCUT2D eigenvalue weighted by atomic mass is 32.2. The summed E-state index contributed by atoms with van der Waals surface area (Å²) in [6, 6.07) is -0.645. The van der Waals surface area contributed by atoms with Gasteiger partial charge in [0.15, 0.2) is 0 Å². The highest BCUT2D eigenvalue weighted by molar-refractivity contribution is 7.98. The van der Waals surface area contributed by atoms with Crippen LogP contribution in [0, 0.1) is 6.92 Å². The molecule has 0 aliphatic carbocycles. The predicted octanol–water partition coefficient (Wildman–Crippen LogP) is 2.02. The van der Waals surface area contributed by atoms with Crippen LogP contribution in [0.1, 0.15) is 44.9 Å². The van der Waals surface area contributed by atoms with Crippen molar-refractivity contribution in [2.45, 2.75) is 69.6 Å². The van der Waals surface area contributed by atoms with E-state index in [1.165, 1.54) is 10.8 Å². The molecular formula is C20H29N5O7S. The third-order valence-electron chi connectivity index (χ3n) is 5.79. The Kier molecular flexibility index (Phi) is 7.91. The van der Waals surface area contributed by atoms with E-state index < -0.39 is 46.8 Å². The van der Waals surface area contributed by atoms with Crippen LogP contribution < -0.4 is 11.2 Å². The Balaban J connectivity index is 1.60. The van der Waals surface area contributed by atoms with Crippen LogP contribution in [-0.4, -0.2) is 64.3 Å². The van der Waals surface area contributed by atoms with Gasteiger partial charge in [-0.1, -0.05) is 5.11 Å². The number of aromatic nitrogens is 2. The van der Waals surface area contributed by atoms with Crippen LogP contribution in [0.15, 0.2) is 20.9 Å². The Hall–Kier alpha value is -2.31. The van der Waals surface area contributed by atoms with Crippen LogP contribution in [-0.2, 0) is 23.7 Å². The highest BCUT2D eigenvalue weighted by Gasteiger charge is 2.46. The standard InChI is InChI=1S/C20H29N5O7S/c1-12-7-25(18(28)22-17(12)27)15-5-13(23-24-21)14(32-15)8-29-16(26)6-19(2)9-20(3,10-30-19)31-11-33-4/h7,13-15H,5-6,8-11H2,1-4H3,(H,22,27,28)/t13?,14-,15-,19?,20?/m1/s1. The van der Waals surface area contributed by atoms with Gasteiger partial charge >= 0.3 is 11.7 Å². The van der Waals surface area contributed by atoms with E-state index >= 15 is 0 Å². The number of azide groups is 1. The van der Waals surface area contributed by atoms with Gasteiger partial charge in [0, 0.05) is 29.5 Å². The summed E-state index contributed by atoms with van der Waals surface area (Å²) in [5, 5.41) is 3.73. The first-order chi connectivity index (χ1) is 15.6. The first-order valence-corrected chi connectivity index (χ1v) is 11.9. The molecule has 0 radical (unpaired) electrons. The molecule has 0 spiro atoms. The van der Waals surface area contributed by atoms with E-state index in [0.29, 0.717) is 24.5 Å². The smallest absolute Gasteiger partial charge is 0.330 e. The molecule has 3 rings (SSSR count). The molecule has 13 heteroatoms. The van der Waals surface area contributed by atoms with E-state index in [9.17, 15) is 14.4 Å². The Bertz CT molecular complexity index is 1040. The van der Waals surface area contributed by atoms with E-state index in [2.05, 4.69) is 15.0 Å². The molecule has 0 bridgehead atoms. The molecule has 1 N–H and O–H groups in total. The Labute approximate surface area is 194 Å². The highest BCUT2D eigenvalue weighted by Crippen LogP contribution is 2.38. The molecule has 3 unspecified atom stereocenters. The van der Waals surface area contributed by atoms with Crippen molar-refractivity contribution >= 4 is 17.7 Å². The number of esters is 1. The molecule has 33 heavy (non-hydrogen) atoms. The fourth-order valence-corrected chi connectivity index (χ4v) is 4.58. The Morgan fingerprint density at radius 3 is 2.91 bits per heavy atom. The normalized spacial score (nSPS) is 31.3. The molecule has 5 atom stereocenters. The van der Waals surface area contributed by atoms with Gasteiger partial charge < -0.3 is 18.9 Å². The van der Waals surface area contributed by atoms with Crippen LogP contribution in [0.2, 0.25) is 0 Å². The second kappa shape index (κ2) is 10.3. The minimum Gasteiger partial charge on any atom is -0.463 e. The van der Waals surface area contributed by atoms with Crippen molar-refractivity contribution in [2.75, 3.05) is 25.4 Å². The minimum absolute atomic E-state index is 0.0339. The quantitative estimate of drug-likeness (QED) is 0.184. The number of carbonyl (C=O) groups is 1. The first kappa shape index (κ1) is 25.3. The molecule has 2 aliphatic heterocycles. The number of hydrogen-bond acceptors (Lipinski definition) is 9. The SMILES string of the molecule is CSCOC1(C)COC(C)(CC(=O)OC[C@H]2O[C@@H](n3cc(C)c(=O)[nH]c3=O)CC2N=[N+]=[N-])C1. The van der Waals surface area contributed by atoms with Gasteiger partial charge in [-0.3, -0.25) is 19.1 Å². The lowest BCUT2D eigenvalue weighted by Gasteiger charge is -2.26. The van der Waals surface area contributed by atoms with Crippen molar-refractivity contribution in [3.63, 3.8) is 0 Å². The number of ether oxygens (including phenoxy) is 4. The lowest BCUT2D eigenvalue weighted by atomic mass is 9.91. The number of H-pyrrole nitrogens is 1. The van der Waals surface area contributed by atoms with Crippen molar-refractivity contribution in [2.24, 2.45) is 5.11 Å². The average Bonchev–Trinajstić information content (AvgIpc) is 3.28. The molecule has 0 aromatic carbocycles. The monoisotopic (exact) mass is 483 g/mol. The zero-order valence-corrected chi connectivity index (χ0v) is 19.9. The van der Waals surface area contributed by atoms with Crippen LogP contribution in [0.4, 0.5) is 0 Å². The number of thioether (sulfide) groups is 1. The van der Waals surface area contributed by atoms with E-state index in [-0.39, 0.29) is 19.4 Å². The molecular weight excluding hydrogens is 454 g/mol. The first-order valence-electron chi connectivity index (χ1n) is 10.5. The number of hydrogen-bond donors (Lipinski definition) is 1. The number of aromatic amines is 1. The molecule has 182 valence electrons. The maximum atomic E-state index is 12.5. The average molecular weight is 484 g/mol. The fraction of sp³-hybridized carbons (Fsp3) is 0.750. The van der Waals surface area contributed by atoms with Crippen molar-refractivity contribution in [3.05, 3.63) is 43.0 Å². The van der Waals surface area contributed by atoms with Crippen LogP contribution in [0.3, 0.4) is 0 Å². The number of carbonyl (C=O) groups excluding carboxylic acids is 1. The zero-order chi connectivity index (χ0) is 24.2. The molecule has 1 aromatic rings. The Morgan fingerprint density at radius 2 is 2.21 bits per heavy atom. The summed E-state index contributed by atoms with van der Waals surface area (Å²) in [6.45, 7) is 5.61. The minimum atomic E-state index is -0.766. The zero-order valence-electron chi connectivity index (χ0n) is 19.1. The van der Waals surface area contributed by atoms with Crippen molar-refractivity contribution in [1.29, 1.82) is 0 Å². The largest absolute Gasteiger partial charge is 0.463 e. The van der Waals surface area contributed by atoms with Crippen LogP contribution in [0.5, 0.6) is 0 Å². The maximum absolute atomic E-state index is 12.5. The van der Waals surface area contributed by atoms with Gasteiger partial charge in [-0.25, -0.2) is 4.79 Å². The van der Waals surface area contributed by atoms with Crippen molar-refractivity contribution < 1.29 is 23.7 Å². The molecule has 3 heterocycles. The summed E-state index contributed by atoms with van der Waals surface area (Å²) in [4.78, 5) is 41.4. The third-order valence-corrected chi connectivity index (χ3v) is 6.14. The van der Waals surface area contributed by atoms with Crippen LogP contribution in [0.25, 0.3) is 10.4 Å². The second-order valence-corrected chi connectivity index (χ2v) is 9.70. The molecule has 1 aromatic heterocycles. The topological polar surface area (TPSA) is 158 Å². The number of rotatable bonds is 9. The van der Waals surface area contributed by atoms with E-state index in [0.717, 1.165) is 0 Å². The summed E-state index contributed by atoms with van der Waals surface area (Å²) < 4.78 is 24.2. The summed E-state index contributed by atoms with van der Waals surface area (Å²) in [5.41, 5.74) is 6.94. The van der Waals surface area contributed by atoms with Gasteiger partial charge in [-0.05, 0) is 32.6 Å². The molecule has 12 nitrogen and oxygen atoms in total. The molecule has 2 fully saturated rings. The van der Waals surface area contributed by atoms with Gasteiger partial charge in [0.2, 0.25) is 0 Å². The lowest BCUT2D eigenvalue weighted by Crippen LogP contribution is -2.34. The number of aryl methyl sites for hydroxylation is 1. The van der Waals surface area contributed by atoms with Gasteiger partial charge in [0.1, 0.15) is 18.9 Å². The predicted molar refractivity (Wildman–Crippen MR) is 120 cm³/mol. The number of nitrogens with one attached hydrogen (secondary N) is 1. The van der Waals surface area contributed by atoms with Gasteiger partial charge in [-0.15, -0.1) is 11.8 Å². The summed E-state index contributed by atoms with van der Waals surface area (Å²) in [7, 11) is 0. The summed E-state index contributed by atoms with van der Waals surface area (Å²) >= 11 is 1.57. The second-order valence-electron chi connectivity index (χ2n) is 8.89. The van der Waals surface area contributed by atoms with Crippen molar-refractivity contribution in [3.8, 4) is 0 Å². The van der Waals surface area contributed by atoms with E-state index in [1.807, 2.05) is 20.1 Å². The fourth-order valence-electron chi connectivity index (χ4n) is 4.18. The number of nitrogens with zero attached hydrogens (tertiary/aromatic N) is 4. The molecule has 0 saturated carbocycles. The molecule has 2 aliphatic rings. The third kappa shape index (κ3) is 6.18. The maximum Gasteiger partial charge on any atom is 0.330 e. The van der Waals surface area contributed by atoms with Gasteiger partial charge in [0.05, 0.1) is 36.2 Å². The Morgan fingerprint density at radius 1 is 1.45 bits per heavy atom. The van der Waals surface area contributed by atoms with Gasteiger partial charge in [-0.2, -0.15) is 0 Å².